The summed E-state index contributed by atoms with van der Waals surface area (Å²) >= 11 is 0. The van der Waals surface area contributed by atoms with Crippen LogP contribution in [-0.4, -0.2) is 34.8 Å². The van der Waals surface area contributed by atoms with Crippen molar-refractivity contribution in [3.63, 3.8) is 0 Å². The lowest BCUT2D eigenvalue weighted by Crippen LogP contribution is -2.56. The largest absolute Gasteiger partial charge is 0.342 e. The van der Waals surface area contributed by atoms with Crippen LogP contribution in [0, 0.1) is 5.92 Å². The molecule has 1 saturated carbocycles. The van der Waals surface area contributed by atoms with Crippen molar-refractivity contribution in [3.8, 4) is 0 Å². The first-order chi connectivity index (χ1) is 8.46. The molecule has 4 heteroatoms. The van der Waals surface area contributed by atoms with Gasteiger partial charge in [0.2, 0.25) is 11.8 Å². The van der Waals surface area contributed by atoms with E-state index in [1.165, 1.54) is 12.8 Å². The van der Waals surface area contributed by atoms with Gasteiger partial charge in [-0.15, -0.1) is 0 Å². The quantitative estimate of drug-likeness (QED) is 0.827. The third-order valence-electron chi connectivity index (χ3n) is 4.34. The van der Waals surface area contributed by atoms with Crippen LogP contribution in [0.25, 0.3) is 0 Å². The Bertz CT molecular complexity index is 352. The Kier molecular flexibility index (Phi) is 3.64. The summed E-state index contributed by atoms with van der Waals surface area (Å²) in [5, 5.41) is 2.88. The van der Waals surface area contributed by atoms with Crippen LogP contribution >= 0.6 is 0 Å². The molecule has 1 N–H and O–H groups in total. The SMILES string of the molecule is CCC1(C)NC(=O)CCN(C(C)CC2CC2)C1=O. The van der Waals surface area contributed by atoms with Gasteiger partial charge in [-0.3, -0.25) is 9.59 Å². The van der Waals surface area contributed by atoms with Crippen LogP contribution < -0.4 is 5.32 Å². The number of amides is 2. The number of hydrogen-bond donors (Lipinski definition) is 1. The van der Waals surface area contributed by atoms with Crippen molar-refractivity contribution in [1.82, 2.24) is 10.2 Å². The third-order valence-corrected chi connectivity index (χ3v) is 4.34. The maximum atomic E-state index is 12.6. The molecule has 18 heavy (non-hydrogen) atoms. The zero-order chi connectivity index (χ0) is 13.3. The number of hydrogen-bond acceptors (Lipinski definition) is 2. The monoisotopic (exact) mass is 252 g/mol. The van der Waals surface area contributed by atoms with Gasteiger partial charge in [0.25, 0.3) is 0 Å². The second-order valence-corrected chi connectivity index (χ2v) is 6.01. The predicted molar refractivity (Wildman–Crippen MR) is 70.0 cm³/mol. The van der Waals surface area contributed by atoms with E-state index in [2.05, 4.69) is 12.2 Å². The molecular weight excluding hydrogens is 228 g/mol. The van der Waals surface area contributed by atoms with Gasteiger partial charge in [0.1, 0.15) is 5.54 Å². The van der Waals surface area contributed by atoms with Crippen molar-refractivity contribution in [1.29, 1.82) is 0 Å². The van der Waals surface area contributed by atoms with Gasteiger partial charge in [0.15, 0.2) is 0 Å². The summed E-state index contributed by atoms with van der Waals surface area (Å²) in [6, 6.07) is 0.253. The Morgan fingerprint density at radius 1 is 1.44 bits per heavy atom. The number of nitrogens with zero attached hydrogens (tertiary/aromatic N) is 1. The summed E-state index contributed by atoms with van der Waals surface area (Å²) in [5.74, 6) is 0.880. The normalized spacial score (nSPS) is 30.9. The zero-order valence-electron chi connectivity index (χ0n) is 11.7. The maximum absolute atomic E-state index is 12.6. The number of carbonyl (C=O) groups is 2. The minimum atomic E-state index is -0.717. The van der Waals surface area contributed by atoms with Gasteiger partial charge >= 0.3 is 0 Å². The molecule has 2 rings (SSSR count). The molecule has 2 unspecified atom stereocenters. The molecule has 102 valence electrons. The van der Waals surface area contributed by atoms with Gasteiger partial charge < -0.3 is 10.2 Å². The number of carbonyl (C=O) groups excluding carboxylic acids is 2. The molecule has 0 bridgehead atoms. The van der Waals surface area contributed by atoms with E-state index in [0.29, 0.717) is 19.4 Å². The summed E-state index contributed by atoms with van der Waals surface area (Å²) < 4.78 is 0. The van der Waals surface area contributed by atoms with Crippen molar-refractivity contribution in [2.45, 2.75) is 64.5 Å². The van der Waals surface area contributed by atoms with Crippen molar-refractivity contribution < 1.29 is 9.59 Å². The Hall–Kier alpha value is -1.06. The average Bonchev–Trinajstić information content (AvgIpc) is 3.12. The first-order valence-electron chi connectivity index (χ1n) is 7.08. The molecule has 1 aliphatic heterocycles. The first-order valence-corrected chi connectivity index (χ1v) is 7.08. The van der Waals surface area contributed by atoms with Crippen molar-refractivity contribution >= 4 is 11.8 Å². The predicted octanol–water partition coefficient (Wildman–Crippen LogP) is 1.69. The molecule has 2 amide bonds. The lowest BCUT2D eigenvalue weighted by Gasteiger charge is -2.35. The molecule has 0 aromatic rings. The van der Waals surface area contributed by atoms with Crippen LogP contribution in [0.4, 0.5) is 0 Å². The maximum Gasteiger partial charge on any atom is 0.248 e. The molecule has 1 saturated heterocycles. The van der Waals surface area contributed by atoms with Crippen LogP contribution in [-0.2, 0) is 9.59 Å². The van der Waals surface area contributed by atoms with Gasteiger partial charge in [-0.1, -0.05) is 19.8 Å². The van der Waals surface area contributed by atoms with Crippen molar-refractivity contribution in [2.24, 2.45) is 5.92 Å². The highest BCUT2D eigenvalue weighted by Gasteiger charge is 2.41. The lowest BCUT2D eigenvalue weighted by molar-refractivity contribution is -0.140. The van der Waals surface area contributed by atoms with Crippen molar-refractivity contribution in [3.05, 3.63) is 0 Å². The van der Waals surface area contributed by atoms with Gasteiger partial charge in [0.05, 0.1) is 0 Å². The zero-order valence-corrected chi connectivity index (χ0v) is 11.7. The lowest BCUT2D eigenvalue weighted by atomic mass is 9.96. The Balaban J connectivity index is 2.12. The average molecular weight is 252 g/mol. The van der Waals surface area contributed by atoms with Gasteiger partial charge in [-0.05, 0) is 32.6 Å². The van der Waals surface area contributed by atoms with E-state index >= 15 is 0 Å². The third kappa shape index (κ3) is 2.68. The summed E-state index contributed by atoms with van der Waals surface area (Å²) in [4.78, 5) is 26.2. The van der Waals surface area contributed by atoms with E-state index in [1.807, 2.05) is 18.7 Å². The molecule has 2 aliphatic rings. The second kappa shape index (κ2) is 4.90. The van der Waals surface area contributed by atoms with Crippen LogP contribution in [0.1, 0.15) is 52.9 Å². The first kappa shape index (κ1) is 13.4. The fourth-order valence-corrected chi connectivity index (χ4v) is 2.69. The van der Waals surface area contributed by atoms with Crippen LogP contribution in [0.3, 0.4) is 0 Å². The van der Waals surface area contributed by atoms with E-state index in [0.717, 1.165) is 12.3 Å². The second-order valence-electron chi connectivity index (χ2n) is 6.01. The Morgan fingerprint density at radius 3 is 2.67 bits per heavy atom. The number of rotatable bonds is 4. The van der Waals surface area contributed by atoms with E-state index in [-0.39, 0.29) is 17.9 Å². The fourth-order valence-electron chi connectivity index (χ4n) is 2.69. The smallest absolute Gasteiger partial charge is 0.248 e. The van der Waals surface area contributed by atoms with Crippen LogP contribution in [0.15, 0.2) is 0 Å². The molecular formula is C14H24N2O2. The van der Waals surface area contributed by atoms with Crippen LogP contribution in [0.5, 0.6) is 0 Å². The highest BCUT2D eigenvalue weighted by molar-refractivity contribution is 5.93. The Morgan fingerprint density at radius 2 is 2.11 bits per heavy atom. The standard InChI is InChI=1S/C14H24N2O2/c1-4-14(3)13(18)16(8-7-12(17)15-14)10(2)9-11-5-6-11/h10-11H,4-9H2,1-3H3,(H,15,17). The fraction of sp³-hybridized carbons (Fsp3) is 0.857. The van der Waals surface area contributed by atoms with Crippen molar-refractivity contribution in [2.75, 3.05) is 6.54 Å². The van der Waals surface area contributed by atoms with E-state index in [9.17, 15) is 9.59 Å². The van der Waals surface area contributed by atoms with E-state index in [1.54, 1.807) is 0 Å². The highest BCUT2D eigenvalue weighted by Crippen LogP contribution is 2.35. The summed E-state index contributed by atoms with van der Waals surface area (Å²) in [5.41, 5.74) is -0.717. The van der Waals surface area contributed by atoms with Gasteiger partial charge in [0, 0.05) is 19.0 Å². The molecule has 0 aromatic heterocycles. The summed E-state index contributed by atoms with van der Waals surface area (Å²) in [6.07, 6.45) is 4.75. The summed E-state index contributed by atoms with van der Waals surface area (Å²) in [6.45, 7) is 6.47. The number of nitrogens with one attached hydrogen (secondary N) is 1. The van der Waals surface area contributed by atoms with E-state index < -0.39 is 5.54 Å². The topological polar surface area (TPSA) is 49.4 Å². The molecule has 1 aliphatic carbocycles. The van der Waals surface area contributed by atoms with Gasteiger partial charge in [-0.2, -0.15) is 0 Å². The summed E-state index contributed by atoms with van der Waals surface area (Å²) in [7, 11) is 0. The van der Waals surface area contributed by atoms with Gasteiger partial charge in [-0.25, -0.2) is 0 Å². The highest BCUT2D eigenvalue weighted by atomic mass is 16.2. The molecule has 0 radical (unpaired) electrons. The molecule has 0 aromatic carbocycles. The molecule has 2 fully saturated rings. The minimum absolute atomic E-state index is 0.00572. The molecule has 2 atom stereocenters. The minimum Gasteiger partial charge on any atom is -0.342 e. The molecule has 0 spiro atoms. The molecule has 1 heterocycles. The Labute approximate surface area is 109 Å². The molecule has 4 nitrogen and oxygen atoms in total. The van der Waals surface area contributed by atoms with Crippen LogP contribution in [0.2, 0.25) is 0 Å². The van der Waals surface area contributed by atoms with E-state index in [4.69, 9.17) is 0 Å².